The van der Waals surface area contributed by atoms with E-state index < -0.39 is 0 Å². The Bertz CT molecular complexity index is 890. The second-order valence-corrected chi connectivity index (χ2v) is 7.69. The summed E-state index contributed by atoms with van der Waals surface area (Å²) in [5, 5.41) is 5.75. The molecule has 1 aromatic heterocycles. The third-order valence-electron chi connectivity index (χ3n) is 5.26. The molecule has 0 aliphatic carbocycles. The van der Waals surface area contributed by atoms with E-state index in [1.807, 2.05) is 36.9 Å². The molecule has 2 heterocycles. The lowest BCUT2D eigenvalue weighted by Gasteiger charge is -2.32. The number of pyridine rings is 1. The second kappa shape index (κ2) is 9.47. The summed E-state index contributed by atoms with van der Waals surface area (Å²) in [6, 6.07) is 9.11. The number of ether oxygens (including phenoxy) is 1. The smallest absolute Gasteiger partial charge is 0.321 e. The summed E-state index contributed by atoms with van der Waals surface area (Å²) in [6.07, 6.45) is 3.05. The summed E-state index contributed by atoms with van der Waals surface area (Å²) in [7, 11) is 3.35. The van der Waals surface area contributed by atoms with Gasteiger partial charge in [0, 0.05) is 51.8 Å². The van der Waals surface area contributed by atoms with Crippen LogP contribution in [0.4, 0.5) is 21.0 Å². The van der Waals surface area contributed by atoms with Crippen LogP contribution < -0.4 is 15.4 Å². The van der Waals surface area contributed by atoms with Gasteiger partial charge in [0.2, 0.25) is 5.88 Å². The summed E-state index contributed by atoms with van der Waals surface area (Å²) >= 11 is 0. The number of benzene rings is 1. The van der Waals surface area contributed by atoms with E-state index in [0.29, 0.717) is 24.7 Å². The molecule has 0 unspecified atom stereocenters. The molecule has 2 aromatic rings. The number of urea groups is 2. The Labute approximate surface area is 177 Å². The van der Waals surface area contributed by atoms with Gasteiger partial charge in [0.1, 0.15) is 6.10 Å². The largest absolute Gasteiger partial charge is 0.474 e. The summed E-state index contributed by atoms with van der Waals surface area (Å²) in [5.41, 5.74) is 3.70. The van der Waals surface area contributed by atoms with Crippen LogP contribution in [0.5, 0.6) is 5.88 Å². The Balaban J connectivity index is 1.48. The molecule has 30 heavy (non-hydrogen) atoms. The van der Waals surface area contributed by atoms with Crippen LogP contribution >= 0.6 is 0 Å². The topological polar surface area (TPSA) is 86.8 Å². The van der Waals surface area contributed by atoms with Crippen molar-refractivity contribution in [1.29, 1.82) is 0 Å². The van der Waals surface area contributed by atoms with Crippen LogP contribution in [0.15, 0.2) is 36.5 Å². The number of amides is 4. The van der Waals surface area contributed by atoms with Gasteiger partial charge in [-0.25, -0.2) is 14.6 Å². The Morgan fingerprint density at radius 1 is 1.10 bits per heavy atom. The van der Waals surface area contributed by atoms with Gasteiger partial charge in [-0.2, -0.15) is 0 Å². The van der Waals surface area contributed by atoms with Gasteiger partial charge in [-0.1, -0.05) is 12.1 Å². The lowest BCUT2D eigenvalue weighted by molar-refractivity contribution is 0.111. The summed E-state index contributed by atoms with van der Waals surface area (Å²) in [4.78, 5) is 31.8. The van der Waals surface area contributed by atoms with E-state index in [9.17, 15) is 9.59 Å². The highest BCUT2D eigenvalue weighted by molar-refractivity contribution is 5.90. The SMILES string of the molecule is Cc1cccc(NC(=O)N2CCC(Oc3ccc(NC(=O)N(C)C)cn3)CC2)c1C. The highest BCUT2D eigenvalue weighted by atomic mass is 16.5. The van der Waals surface area contributed by atoms with Gasteiger partial charge in [-0.3, -0.25) is 0 Å². The Kier molecular flexibility index (Phi) is 6.76. The fourth-order valence-electron chi connectivity index (χ4n) is 3.19. The first-order valence-corrected chi connectivity index (χ1v) is 10.1. The van der Waals surface area contributed by atoms with Gasteiger partial charge in [0.15, 0.2) is 0 Å². The normalized spacial score (nSPS) is 14.2. The van der Waals surface area contributed by atoms with E-state index in [1.54, 1.807) is 32.4 Å². The number of anilines is 2. The average molecular weight is 412 g/mol. The molecule has 0 radical (unpaired) electrons. The predicted octanol–water partition coefficient (Wildman–Crippen LogP) is 3.87. The molecular formula is C22H29N5O3. The molecule has 1 aliphatic rings. The summed E-state index contributed by atoms with van der Waals surface area (Å²) in [6.45, 7) is 5.29. The maximum absolute atomic E-state index is 12.6. The summed E-state index contributed by atoms with van der Waals surface area (Å²) < 4.78 is 5.95. The standard InChI is InChI=1S/C22H29N5O3/c1-15-6-5-7-19(16(15)2)25-22(29)27-12-10-18(11-13-27)30-20-9-8-17(14-23-20)24-21(28)26(3)4/h5-9,14,18H,10-13H2,1-4H3,(H,24,28)(H,25,29). The predicted molar refractivity (Wildman–Crippen MR) is 117 cm³/mol. The molecule has 2 N–H and O–H groups in total. The zero-order valence-electron chi connectivity index (χ0n) is 17.9. The molecule has 1 aromatic carbocycles. The fourth-order valence-corrected chi connectivity index (χ4v) is 3.19. The minimum absolute atomic E-state index is 0.00414. The minimum Gasteiger partial charge on any atom is -0.474 e. The number of likely N-dealkylation sites (tertiary alicyclic amines) is 1. The molecular weight excluding hydrogens is 382 g/mol. The highest BCUT2D eigenvalue weighted by Gasteiger charge is 2.24. The van der Waals surface area contributed by atoms with Crippen LogP contribution in [-0.4, -0.2) is 60.1 Å². The van der Waals surface area contributed by atoms with Gasteiger partial charge in [0.25, 0.3) is 0 Å². The lowest BCUT2D eigenvalue weighted by Crippen LogP contribution is -2.43. The van der Waals surface area contributed by atoms with Gasteiger partial charge in [-0.15, -0.1) is 0 Å². The number of nitrogens with one attached hydrogen (secondary N) is 2. The van der Waals surface area contributed by atoms with Crippen LogP contribution in [0.3, 0.4) is 0 Å². The average Bonchev–Trinajstić information content (AvgIpc) is 2.73. The first-order chi connectivity index (χ1) is 14.3. The molecule has 8 heteroatoms. The summed E-state index contributed by atoms with van der Waals surface area (Å²) in [5.74, 6) is 0.510. The molecule has 0 bridgehead atoms. The van der Waals surface area contributed by atoms with Crippen LogP contribution in [0.25, 0.3) is 0 Å². The molecule has 3 rings (SSSR count). The van der Waals surface area contributed by atoms with E-state index >= 15 is 0 Å². The number of rotatable bonds is 4. The van der Waals surface area contributed by atoms with Gasteiger partial charge in [-0.05, 0) is 37.1 Å². The molecule has 0 spiro atoms. The van der Waals surface area contributed by atoms with E-state index in [-0.39, 0.29) is 18.2 Å². The maximum atomic E-state index is 12.6. The molecule has 4 amide bonds. The number of piperidine rings is 1. The van der Waals surface area contributed by atoms with Crippen molar-refractivity contribution in [3.8, 4) is 5.88 Å². The number of aryl methyl sites for hydroxylation is 1. The van der Waals surface area contributed by atoms with Gasteiger partial charge in [0.05, 0.1) is 11.9 Å². The molecule has 8 nitrogen and oxygen atoms in total. The molecule has 1 saturated heterocycles. The molecule has 0 atom stereocenters. The molecule has 0 saturated carbocycles. The van der Waals surface area contributed by atoms with Gasteiger partial charge < -0.3 is 25.2 Å². The van der Waals surface area contributed by atoms with Crippen molar-refractivity contribution < 1.29 is 14.3 Å². The van der Waals surface area contributed by atoms with Crippen molar-refractivity contribution >= 4 is 23.4 Å². The Morgan fingerprint density at radius 3 is 2.47 bits per heavy atom. The third-order valence-corrected chi connectivity index (χ3v) is 5.26. The monoisotopic (exact) mass is 411 g/mol. The van der Waals surface area contributed by atoms with Crippen molar-refractivity contribution in [1.82, 2.24) is 14.8 Å². The first kappa shape index (κ1) is 21.4. The van der Waals surface area contributed by atoms with E-state index in [0.717, 1.165) is 29.7 Å². The zero-order chi connectivity index (χ0) is 21.7. The van der Waals surface area contributed by atoms with Crippen molar-refractivity contribution in [2.75, 3.05) is 37.8 Å². The Morgan fingerprint density at radius 2 is 1.83 bits per heavy atom. The van der Waals surface area contributed by atoms with Gasteiger partial charge >= 0.3 is 12.1 Å². The van der Waals surface area contributed by atoms with E-state index in [2.05, 4.69) is 15.6 Å². The van der Waals surface area contributed by atoms with Crippen LogP contribution in [0.1, 0.15) is 24.0 Å². The van der Waals surface area contributed by atoms with Crippen molar-refractivity contribution in [3.05, 3.63) is 47.7 Å². The minimum atomic E-state index is -0.211. The van der Waals surface area contributed by atoms with E-state index in [1.165, 1.54) is 4.90 Å². The van der Waals surface area contributed by atoms with Crippen LogP contribution in [0.2, 0.25) is 0 Å². The number of carbonyl (C=O) groups is 2. The third kappa shape index (κ3) is 5.40. The Hall–Kier alpha value is -3.29. The highest BCUT2D eigenvalue weighted by Crippen LogP contribution is 2.21. The number of aromatic nitrogens is 1. The molecule has 1 fully saturated rings. The van der Waals surface area contributed by atoms with Crippen LogP contribution in [0, 0.1) is 13.8 Å². The lowest BCUT2D eigenvalue weighted by atomic mass is 10.1. The van der Waals surface area contributed by atoms with Crippen LogP contribution in [-0.2, 0) is 0 Å². The maximum Gasteiger partial charge on any atom is 0.321 e. The zero-order valence-corrected chi connectivity index (χ0v) is 17.9. The number of carbonyl (C=O) groups excluding carboxylic acids is 2. The number of hydrogen-bond acceptors (Lipinski definition) is 4. The number of nitrogens with zero attached hydrogens (tertiary/aromatic N) is 3. The van der Waals surface area contributed by atoms with E-state index in [4.69, 9.17) is 4.74 Å². The second-order valence-electron chi connectivity index (χ2n) is 7.69. The molecule has 1 aliphatic heterocycles. The fraction of sp³-hybridized carbons (Fsp3) is 0.409. The molecule has 160 valence electrons. The first-order valence-electron chi connectivity index (χ1n) is 10.1. The number of hydrogen-bond donors (Lipinski definition) is 2. The van der Waals surface area contributed by atoms with Crippen molar-refractivity contribution in [2.24, 2.45) is 0 Å². The quantitative estimate of drug-likeness (QED) is 0.800. The van der Waals surface area contributed by atoms with Crippen molar-refractivity contribution in [3.63, 3.8) is 0 Å². The van der Waals surface area contributed by atoms with Crippen molar-refractivity contribution in [2.45, 2.75) is 32.8 Å².